The largest absolute Gasteiger partial charge is 0.332 e. The lowest BCUT2D eigenvalue weighted by atomic mass is 10.1. The van der Waals surface area contributed by atoms with Crippen LogP contribution in [0.1, 0.15) is 16.7 Å². The van der Waals surface area contributed by atoms with Crippen molar-refractivity contribution < 1.29 is 0 Å². The van der Waals surface area contributed by atoms with Crippen molar-refractivity contribution in [1.29, 1.82) is 0 Å². The number of halogens is 2. The van der Waals surface area contributed by atoms with E-state index in [-0.39, 0.29) is 0 Å². The van der Waals surface area contributed by atoms with E-state index in [1.54, 1.807) is 10.9 Å². The Labute approximate surface area is 168 Å². The van der Waals surface area contributed by atoms with E-state index in [4.69, 9.17) is 35.4 Å². The van der Waals surface area contributed by atoms with Crippen LogP contribution in [0.25, 0.3) is 0 Å². The number of anilines is 2. The molecule has 0 bridgehead atoms. The first-order valence-corrected chi connectivity index (χ1v) is 9.19. The van der Waals surface area contributed by atoms with Crippen LogP contribution in [0.2, 0.25) is 10.0 Å². The molecule has 0 aliphatic heterocycles. The molecule has 0 aliphatic rings. The molecule has 0 amide bonds. The second-order valence-electron chi connectivity index (χ2n) is 6.00. The number of nitrogens with one attached hydrogen (secondary N) is 2. The van der Waals surface area contributed by atoms with Crippen LogP contribution in [0.4, 0.5) is 11.4 Å². The van der Waals surface area contributed by atoms with Gasteiger partial charge in [0.15, 0.2) is 5.11 Å². The molecule has 7 heteroatoms. The minimum absolute atomic E-state index is 0.484. The second kappa shape index (κ2) is 8.08. The number of aromatic nitrogens is 2. The Morgan fingerprint density at radius 3 is 2.42 bits per heavy atom. The van der Waals surface area contributed by atoms with Gasteiger partial charge in [0, 0.05) is 27.5 Å². The van der Waals surface area contributed by atoms with Gasteiger partial charge in [-0.2, -0.15) is 5.10 Å². The molecule has 3 aromatic rings. The van der Waals surface area contributed by atoms with Crippen molar-refractivity contribution in [2.45, 2.75) is 20.4 Å². The third-order valence-electron chi connectivity index (χ3n) is 4.04. The molecule has 0 fully saturated rings. The van der Waals surface area contributed by atoms with Crippen molar-refractivity contribution in [2.75, 3.05) is 10.6 Å². The van der Waals surface area contributed by atoms with Crippen molar-refractivity contribution in [3.05, 3.63) is 75.5 Å². The molecule has 1 heterocycles. The Bertz CT molecular complexity index is 932. The lowest BCUT2D eigenvalue weighted by Crippen LogP contribution is -2.18. The number of hydrogen-bond donors (Lipinski definition) is 2. The molecule has 2 N–H and O–H groups in total. The molecule has 2 aromatic carbocycles. The summed E-state index contributed by atoms with van der Waals surface area (Å²) in [5.74, 6) is 0. The van der Waals surface area contributed by atoms with Gasteiger partial charge in [0.2, 0.25) is 0 Å². The SMILES string of the molecule is Cc1ccc(NC(=S)Nc2cnn(Cc3c(Cl)cccc3Cl)c2)cc1C. The van der Waals surface area contributed by atoms with Gasteiger partial charge in [0.25, 0.3) is 0 Å². The summed E-state index contributed by atoms with van der Waals surface area (Å²) in [6.45, 7) is 4.63. The van der Waals surface area contributed by atoms with Crippen LogP contribution in [0.5, 0.6) is 0 Å². The van der Waals surface area contributed by atoms with Gasteiger partial charge >= 0.3 is 0 Å². The summed E-state index contributed by atoms with van der Waals surface area (Å²) in [6, 6.07) is 11.6. The first-order chi connectivity index (χ1) is 12.4. The Morgan fingerprint density at radius 2 is 1.73 bits per heavy atom. The molecule has 1 aromatic heterocycles. The lowest BCUT2D eigenvalue weighted by molar-refractivity contribution is 0.687. The predicted octanol–water partition coefficient (Wildman–Crippen LogP) is 5.66. The van der Waals surface area contributed by atoms with Crippen LogP contribution in [0, 0.1) is 13.8 Å². The topological polar surface area (TPSA) is 41.9 Å². The van der Waals surface area contributed by atoms with Crippen LogP contribution in [0.3, 0.4) is 0 Å². The quantitative estimate of drug-likeness (QED) is 0.550. The smallest absolute Gasteiger partial charge is 0.175 e. The molecule has 4 nitrogen and oxygen atoms in total. The average molecular weight is 405 g/mol. The number of nitrogens with zero attached hydrogens (tertiary/aromatic N) is 2. The predicted molar refractivity (Wildman–Crippen MR) is 114 cm³/mol. The van der Waals surface area contributed by atoms with E-state index in [9.17, 15) is 0 Å². The van der Waals surface area contributed by atoms with Gasteiger partial charge in [-0.25, -0.2) is 0 Å². The fourth-order valence-corrected chi connectivity index (χ4v) is 3.23. The Kier molecular flexibility index (Phi) is 5.81. The van der Waals surface area contributed by atoms with Crippen molar-refractivity contribution in [3.63, 3.8) is 0 Å². The van der Waals surface area contributed by atoms with Gasteiger partial charge in [-0.15, -0.1) is 0 Å². The summed E-state index contributed by atoms with van der Waals surface area (Å²) in [4.78, 5) is 0. The molecule has 3 rings (SSSR count). The molecule has 0 unspecified atom stereocenters. The molecule has 0 saturated carbocycles. The van der Waals surface area contributed by atoms with Crippen LogP contribution < -0.4 is 10.6 Å². The van der Waals surface area contributed by atoms with Gasteiger partial charge in [-0.1, -0.05) is 35.3 Å². The molecule has 0 atom stereocenters. The average Bonchev–Trinajstić information content (AvgIpc) is 3.01. The third-order valence-corrected chi connectivity index (χ3v) is 4.95. The molecule has 0 radical (unpaired) electrons. The zero-order chi connectivity index (χ0) is 18.7. The number of benzene rings is 2. The number of thiocarbonyl (C=S) groups is 1. The molecule has 134 valence electrons. The summed E-state index contributed by atoms with van der Waals surface area (Å²) in [5, 5.41) is 12.4. The highest BCUT2D eigenvalue weighted by atomic mass is 35.5. The fourth-order valence-electron chi connectivity index (χ4n) is 2.47. The molecular formula is C19H18Cl2N4S. The zero-order valence-corrected chi connectivity index (χ0v) is 16.7. The number of rotatable bonds is 4. The second-order valence-corrected chi connectivity index (χ2v) is 7.23. The van der Waals surface area contributed by atoms with Gasteiger partial charge in [0.1, 0.15) is 0 Å². The monoisotopic (exact) mass is 404 g/mol. The normalized spacial score (nSPS) is 10.6. The Hall–Kier alpha value is -2.08. The lowest BCUT2D eigenvalue weighted by Gasteiger charge is -2.10. The van der Waals surface area contributed by atoms with E-state index < -0.39 is 0 Å². The van der Waals surface area contributed by atoms with Crippen molar-refractivity contribution in [1.82, 2.24) is 9.78 Å². The van der Waals surface area contributed by atoms with Gasteiger partial charge in [-0.3, -0.25) is 4.68 Å². The van der Waals surface area contributed by atoms with E-state index in [2.05, 4.69) is 41.7 Å². The summed E-state index contributed by atoms with van der Waals surface area (Å²) in [6.07, 6.45) is 3.56. The Morgan fingerprint density at radius 1 is 1.04 bits per heavy atom. The number of aryl methyl sites for hydroxylation is 2. The first-order valence-electron chi connectivity index (χ1n) is 8.03. The van der Waals surface area contributed by atoms with Gasteiger partial charge in [-0.05, 0) is 61.5 Å². The van der Waals surface area contributed by atoms with Gasteiger partial charge in [0.05, 0.1) is 18.4 Å². The fraction of sp³-hybridized carbons (Fsp3) is 0.158. The van der Waals surface area contributed by atoms with Crippen molar-refractivity contribution in [3.8, 4) is 0 Å². The molecule has 26 heavy (non-hydrogen) atoms. The van der Waals surface area contributed by atoms with Crippen LogP contribution in [-0.4, -0.2) is 14.9 Å². The van der Waals surface area contributed by atoms with Crippen molar-refractivity contribution in [2.24, 2.45) is 0 Å². The molecule has 0 aliphatic carbocycles. The Balaban J connectivity index is 1.64. The summed E-state index contributed by atoms with van der Waals surface area (Å²) in [5.41, 5.74) is 5.02. The third kappa shape index (κ3) is 4.55. The van der Waals surface area contributed by atoms with Crippen molar-refractivity contribution >= 4 is 51.9 Å². The highest BCUT2D eigenvalue weighted by molar-refractivity contribution is 7.80. The maximum Gasteiger partial charge on any atom is 0.175 e. The highest BCUT2D eigenvalue weighted by Gasteiger charge is 2.08. The van der Waals surface area contributed by atoms with Crippen LogP contribution in [-0.2, 0) is 6.54 Å². The minimum atomic E-state index is 0.484. The first kappa shape index (κ1) is 18.7. The minimum Gasteiger partial charge on any atom is -0.332 e. The van der Waals surface area contributed by atoms with E-state index in [1.165, 1.54) is 11.1 Å². The number of hydrogen-bond acceptors (Lipinski definition) is 2. The molecule has 0 saturated heterocycles. The van der Waals surface area contributed by atoms with E-state index >= 15 is 0 Å². The van der Waals surface area contributed by atoms with Crippen LogP contribution >= 0.6 is 35.4 Å². The standard InChI is InChI=1S/C19H18Cl2N4S/c1-12-6-7-14(8-13(12)2)23-19(26)24-15-9-22-25(10-15)11-16-17(20)4-3-5-18(16)21/h3-10H,11H2,1-2H3,(H2,23,24,26). The molecular weight excluding hydrogens is 387 g/mol. The summed E-state index contributed by atoms with van der Waals surface area (Å²) < 4.78 is 1.76. The zero-order valence-electron chi connectivity index (χ0n) is 14.4. The van der Waals surface area contributed by atoms with Gasteiger partial charge < -0.3 is 10.6 Å². The highest BCUT2D eigenvalue weighted by Crippen LogP contribution is 2.25. The summed E-state index contributed by atoms with van der Waals surface area (Å²) >= 11 is 17.8. The van der Waals surface area contributed by atoms with E-state index in [0.29, 0.717) is 21.7 Å². The van der Waals surface area contributed by atoms with E-state index in [0.717, 1.165) is 16.9 Å². The van der Waals surface area contributed by atoms with Crippen LogP contribution in [0.15, 0.2) is 48.8 Å². The van der Waals surface area contributed by atoms with E-state index in [1.807, 2.05) is 30.5 Å². The maximum atomic E-state index is 6.21. The maximum absolute atomic E-state index is 6.21. The summed E-state index contributed by atoms with van der Waals surface area (Å²) in [7, 11) is 0. The molecule has 0 spiro atoms.